The van der Waals surface area contributed by atoms with E-state index >= 15 is 0 Å². The van der Waals surface area contributed by atoms with E-state index in [0.29, 0.717) is 11.6 Å². The highest BCUT2D eigenvalue weighted by molar-refractivity contribution is 5.70. The smallest absolute Gasteiger partial charge is 0.419 e. The van der Waals surface area contributed by atoms with Crippen LogP contribution < -0.4 is 10.1 Å². The van der Waals surface area contributed by atoms with Crippen molar-refractivity contribution in [3.63, 3.8) is 0 Å². The van der Waals surface area contributed by atoms with Crippen molar-refractivity contribution in [1.82, 2.24) is 5.32 Å². The van der Waals surface area contributed by atoms with Crippen LogP contribution >= 0.6 is 0 Å². The van der Waals surface area contributed by atoms with Crippen molar-refractivity contribution in [2.24, 2.45) is 0 Å². The molecule has 1 aromatic carbocycles. The van der Waals surface area contributed by atoms with E-state index in [1.807, 2.05) is 0 Å². The van der Waals surface area contributed by atoms with Crippen LogP contribution in [0.25, 0.3) is 0 Å². The van der Waals surface area contributed by atoms with Gasteiger partial charge in [0.15, 0.2) is 0 Å². The third-order valence-electron chi connectivity index (χ3n) is 3.23. The van der Waals surface area contributed by atoms with Crippen molar-refractivity contribution >= 4 is 5.97 Å². The van der Waals surface area contributed by atoms with Crippen LogP contribution in [0.15, 0.2) is 18.2 Å². The van der Waals surface area contributed by atoms with Crippen molar-refractivity contribution in [3.05, 3.63) is 29.3 Å². The Labute approximate surface area is 142 Å². The predicted molar refractivity (Wildman–Crippen MR) is 80.2 cm³/mol. The van der Waals surface area contributed by atoms with Gasteiger partial charge in [0.2, 0.25) is 0 Å². The van der Waals surface area contributed by atoms with E-state index in [0.717, 1.165) is 12.1 Å². The number of hydrogen-bond donors (Lipinski definition) is 1. The van der Waals surface area contributed by atoms with E-state index in [1.54, 1.807) is 20.8 Å². The number of ether oxygens (including phenoxy) is 2. The second kappa shape index (κ2) is 8.46. The van der Waals surface area contributed by atoms with Gasteiger partial charge in [-0.25, -0.2) is 0 Å². The first-order valence-corrected chi connectivity index (χ1v) is 7.50. The van der Waals surface area contributed by atoms with Crippen LogP contribution in [0.2, 0.25) is 0 Å². The lowest BCUT2D eigenvalue weighted by Gasteiger charge is -2.25. The molecule has 142 valence electrons. The summed E-state index contributed by atoms with van der Waals surface area (Å²) in [5.41, 5.74) is -1.67. The number of benzene rings is 1. The molecule has 0 aliphatic carbocycles. The number of carbonyl (C=O) groups excluding carboxylic acids is 1. The SMILES string of the molecule is CCOC(=O)CC(C)(C)NCc1ccc(C(F)(F)F)c(OC(F)F)c1. The number of carbonyl (C=O) groups is 1. The van der Waals surface area contributed by atoms with E-state index in [2.05, 4.69) is 10.1 Å². The Balaban J connectivity index is 2.87. The fraction of sp³-hybridized carbons (Fsp3) is 0.562. The van der Waals surface area contributed by atoms with Crippen LogP contribution in [-0.2, 0) is 22.3 Å². The molecule has 1 rings (SSSR count). The van der Waals surface area contributed by atoms with Crippen molar-refractivity contribution in [3.8, 4) is 5.75 Å². The minimum atomic E-state index is -4.81. The molecule has 1 aromatic rings. The van der Waals surface area contributed by atoms with Crippen molar-refractivity contribution in [2.45, 2.75) is 52.1 Å². The number of esters is 1. The summed E-state index contributed by atoms with van der Waals surface area (Å²) >= 11 is 0. The van der Waals surface area contributed by atoms with Crippen molar-refractivity contribution in [1.29, 1.82) is 0 Å². The number of halogens is 5. The van der Waals surface area contributed by atoms with Crippen molar-refractivity contribution in [2.75, 3.05) is 6.61 Å². The molecule has 0 bridgehead atoms. The normalized spacial score (nSPS) is 12.4. The Bertz CT molecular complexity index is 588. The summed E-state index contributed by atoms with van der Waals surface area (Å²) in [6.07, 6.45) is -4.76. The lowest BCUT2D eigenvalue weighted by molar-refractivity contribution is -0.145. The Morgan fingerprint density at radius 1 is 1.24 bits per heavy atom. The summed E-state index contributed by atoms with van der Waals surface area (Å²) in [5, 5.41) is 2.98. The zero-order chi connectivity index (χ0) is 19.3. The fourth-order valence-corrected chi connectivity index (χ4v) is 2.08. The van der Waals surface area contributed by atoms with Gasteiger partial charge in [0, 0.05) is 12.1 Å². The van der Waals surface area contributed by atoms with Crippen LogP contribution in [-0.4, -0.2) is 24.7 Å². The minimum absolute atomic E-state index is 0.0435. The van der Waals surface area contributed by atoms with Gasteiger partial charge in [0.05, 0.1) is 18.6 Å². The van der Waals surface area contributed by atoms with Gasteiger partial charge in [-0.2, -0.15) is 22.0 Å². The van der Waals surface area contributed by atoms with Gasteiger partial charge in [-0.05, 0) is 38.5 Å². The van der Waals surface area contributed by atoms with Crippen LogP contribution in [0, 0.1) is 0 Å². The van der Waals surface area contributed by atoms with E-state index in [-0.39, 0.29) is 19.6 Å². The largest absolute Gasteiger partial charge is 0.466 e. The molecule has 0 amide bonds. The summed E-state index contributed by atoms with van der Waals surface area (Å²) in [7, 11) is 0. The van der Waals surface area contributed by atoms with Gasteiger partial charge in [-0.3, -0.25) is 4.79 Å². The van der Waals surface area contributed by atoms with E-state index in [9.17, 15) is 26.7 Å². The number of alkyl halides is 5. The number of nitrogens with one attached hydrogen (secondary N) is 1. The zero-order valence-corrected chi connectivity index (χ0v) is 14.0. The van der Waals surface area contributed by atoms with Crippen LogP contribution in [0.4, 0.5) is 22.0 Å². The molecule has 0 saturated carbocycles. The molecular formula is C16H20F5NO3. The summed E-state index contributed by atoms with van der Waals surface area (Å²) in [5.74, 6) is -1.36. The molecule has 0 radical (unpaired) electrons. The molecular weight excluding hydrogens is 349 g/mol. The molecule has 0 aliphatic rings. The topological polar surface area (TPSA) is 47.6 Å². The van der Waals surface area contributed by atoms with Crippen LogP contribution in [0.3, 0.4) is 0 Å². The minimum Gasteiger partial charge on any atom is -0.466 e. The first-order chi connectivity index (χ1) is 11.4. The highest BCUT2D eigenvalue weighted by Crippen LogP contribution is 2.37. The van der Waals surface area contributed by atoms with Gasteiger partial charge in [0.1, 0.15) is 5.75 Å². The lowest BCUT2D eigenvalue weighted by atomic mass is 10.00. The maximum atomic E-state index is 12.8. The molecule has 1 N–H and O–H groups in total. The summed E-state index contributed by atoms with van der Waals surface area (Å²) in [4.78, 5) is 11.5. The predicted octanol–water partition coefficient (Wildman–Crippen LogP) is 4.13. The molecule has 0 aromatic heterocycles. The lowest BCUT2D eigenvalue weighted by Crippen LogP contribution is -2.41. The number of rotatable bonds is 8. The zero-order valence-electron chi connectivity index (χ0n) is 14.0. The summed E-state index contributed by atoms with van der Waals surface area (Å²) in [6, 6.07) is 2.75. The molecule has 0 heterocycles. The first kappa shape index (κ1) is 21.1. The first-order valence-electron chi connectivity index (χ1n) is 7.50. The molecule has 0 saturated heterocycles. The van der Waals surface area contributed by atoms with Gasteiger partial charge in [-0.15, -0.1) is 0 Å². The van der Waals surface area contributed by atoms with Gasteiger partial charge < -0.3 is 14.8 Å². The van der Waals surface area contributed by atoms with Gasteiger partial charge in [-0.1, -0.05) is 6.07 Å². The van der Waals surface area contributed by atoms with Gasteiger partial charge >= 0.3 is 18.8 Å². The Kier molecular flexibility index (Phi) is 7.16. The highest BCUT2D eigenvalue weighted by Gasteiger charge is 2.35. The quantitative estimate of drug-likeness (QED) is 0.553. The molecule has 9 heteroatoms. The fourth-order valence-electron chi connectivity index (χ4n) is 2.08. The Morgan fingerprint density at radius 2 is 1.88 bits per heavy atom. The third kappa shape index (κ3) is 7.25. The van der Waals surface area contributed by atoms with E-state index in [1.165, 1.54) is 0 Å². The summed E-state index contributed by atoms with van der Waals surface area (Å²) in [6.45, 7) is 2.02. The second-order valence-electron chi connectivity index (χ2n) is 5.93. The molecule has 0 spiro atoms. The Hall–Kier alpha value is -1.90. The maximum Gasteiger partial charge on any atom is 0.419 e. The van der Waals surface area contributed by atoms with E-state index < -0.39 is 35.6 Å². The molecule has 0 fully saturated rings. The third-order valence-corrected chi connectivity index (χ3v) is 3.23. The monoisotopic (exact) mass is 369 g/mol. The second-order valence-corrected chi connectivity index (χ2v) is 5.93. The standard InChI is InChI=1S/C16H20F5NO3/c1-4-24-13(23)8-15(2,3)22-9-10-5-6-11(16(19,20)21)12(7-10)25-14(17)18/h5-7,14,22H,4,8-9H2,1-3H3. The molecule has 0 unspecified atom stereocenters. The average Bonchev–Trinajstić information content (AvgIpc) is 2.43. The van der Waals surface area contributed by atoms with Crippen LogP contribution in [0.1, 0.15) is 38.3 Å². The average molecular weight is 369 g/mol. The van der Waals surface area contributed by atoms with E-state index in [4.69, 9.17) is 4.74 Å². The maximum absolute atomic E-state index is 12.8. The highest BCUT2D eigenvalue weighted by atomic mass is 19.4. The number of hydrogen-bond acceptors (Lipinski definition) is 4. The molecule has 4 nitrogen and oxygen atoms in total. The van der Waals surface area contributed by atoms with Crippen molar-refractivity contribution < 1.29 is 36.2 Å². The molecule has 0 atom stereocenters. The molecule has 25 heavy (non-hydrogen) atoms. The summed E-state index contributed by atoms with van der Waals surface area (Å²) < 4.78 is 72.0. The van der Waals surface area contributed by atoms with Crippen LogP contribution in [0.5, 0.6) is 5.75 Å². The molecule has 0 aliphatic heterocycles. The van der Waals surface area contributed by atoms with Gasteiger partial charge in [0.25, 0.3) is 0 Å². The Morgan fingerprint density at radius 3 is 2.40 bits per heavy atom.